The maximum absolute atomic E-state index is 14.4. The summed E-state index contributed by atoms with van der Waals surface area (Å²) >= 11 is 0. The van der Waals surface area contributed by atoms with Crippen LogP contribution in [0.15, 0.2) is 24.3 Å². The molecular formula is C14H20FN. The lowest BCUT2D eigenvalue weighted by atomic mass is 9.94. The van der Waals surface area contributed by atoms with Gasteiger partial charge in [0.15, 0.2) is 0 Å². The summed E-state index contributed by atoms with van der Waals surface area (Å²) in [7, 11) is 0. The summed E-state index contributed by atoms with van der Waals surface area (Å²) in [5.74, 6) is 0. The molecule has 2 unspecified atom stereocenters. The van der Waals surface area contributed by atoms with Crippen LogP contribution in [0.4, 0.5) is 4.39 Å². The second-order valence-electron chi connectivity index (χ2n) is 5.00. The first kappa shape index (κ1) is 11.6. The molecule has 2 rings (SSSR count). The van der Waals surface area contributed by atoms with Gasteiger partial charge >= 0.3 is 0 Å². The molecule has 2 N–H and O–H groups in total. The number of halogens is 1. The van der Waals surface area contributed by atoms with Crippen LogP contribution in [0.2, 0.25) is 0 Å². The van der Waals surface area contributed by atoms with E-state index in [0.29, 0.717) is 19.3 Å². The van der Waals surface area contributed by atoms with E-state index in [-0.39, 0.29) is 6.04 Å². The number of rotatable bonds is 3. The normalized spacial score (nSPS) is 29.6. The second kappa shape index (κ2) is 4.54. The van der Waals surface area contributed by atoms with Crippen molar-refractivity contribution >= 4 is 0 Å². The largest absolute Gasteiger partial charge is 0.328 e. The zero-order valence-corrected chi connectivity index (χ0v) is 9.88. The van der Waals surface area contributed by atoms with Gasteiger partial charge in [0.25, 0.3) is 0 Å². The minimum absolute atomic E-state index is 0.0555. The number of benzene rings is 1. The molecule has 1 nitrogen and oxygen atoms in total. The van der Waals surface area contributed by atoms with Crippen molar-refractivity contribution < 1.29 is 4.39 Å². The quantitative estimate of drug-likeness (QED) is 0.834. The van der Waals surface area contributed by atoms with Crippen molar-refractivity contribution in [2.45, 2.75) is 50.7 Å². The molecule has 16 heavy (non-hydrogen) atoms. The van der Waals surface area contributed by atoms with Crippen LogP contribution in [0.3, 0.4) is 0 Å². The Labute approximate surface area is 96.9 Å². The Kier molecular flexibility index (Phi) is 3.29. The summed E-state index contributed by atoms with van der Waals surface area (Å²) in [6, 6.07) is 8.33. The van der Waals surface area contributed by atoms with Crippen LogP contribution in [0, 0.1) is 0 Å². The lowest BCUT2D eigenvalue weighted by molar-refractivity contribution is 0.170. The third-order valence-electron chi connectivity index (χ3n) is 3.54. The molecule has 88 valence electrons. The Bertz CT molecular complexity index is 346. The SMILES string of the molecule is CCc1ccc(CC2(F)CCC(N)C2)cc1. The van der Waals surface area contributed by atoms with E-state index in [1.165, 1.54) is 5.56 Å². The maximum Gasteiger partial charge on any atom is 0.116 e. The lowest BCUT2D eigenvalue weighted by Crippen LogP contribution is -2.25. The number of alkyl halides is 1. The Balaban J connectivity index is 2.03. The van der Waals surface area contributed by atoms with E-state index in [4.69, 9.17) is 5.73 Å². The number of hydrogen-bond donors (Lipinski definition) is 1. The van der Waals surface area contributed by atoms with Crippen LogP contribution in [-0.4, -0.2) is 11.7 Å². The number of aryl methyl sites for hydroxylation is 1. The Morgan fingerprint density at radius 2 is 1.94 bits per heavy atom. The molecule has 0 heterocycles. The fourth-order valence-electron chi connectivity index (χ4n) is 2.54. The van der Waals surface area contributed by atoms with E-state index in [9.17, 15) is 4.39 Å². The van der Waals surface area contributed by atoms with Crippen molar-refractivity contribution in [3.63, 3.8) is 0 Å². The molecule has 0 aromatic heterocycles. The van der Waals surface area contributed by atoms with Crippen molar-refractivity contribution in [1.29, 1.82) is 0 Å². The van der Waals surface area contributed by atoms with E-state index >= 15 is 0 Å². The summed E-state index contributed by atoms with van der Waals surface area (Å²) < 4.78 is 14.4. The van der Waals surface area contributed by atoms with Crippen molar-refractivity contribution in [3.8, 4) is 0 Å². The molecule has 1 fully saturated rings. The third-order valence-corrected chi connectivity index (χ3v) is 3.54. The first-order valence-electron chi connectivity index (χ1n) is 6.14. The Hall–Kier alpha value is -0.890. The maximum atomic E-state index is 14.4. The van der Waals surface area contributed by atoms with E-state index in [1.54, 1.807) is 0 Å². The predicted octanol–water partition coefficient (Wildman–Crippen LogP) is 3.01. The fourth-order valence-corrected chi connectivity index (χ4v) is 2.54. The Morgan fingerprint density at radius 1 is 1.31 bits per heavy atom. The molecule has 1 saturated carbocycles. The van der Waals surface area contributed by atoms with Crippen LogP contribution >= 0.6 is 0 Å². The Morgan fingerprint density at radius 3 is 2.44 bits per heavy atom. The zero-order valence-electron chi connectivity index (χ0n) is 9.88. The highest BCUT2D eigenvalue weighted by Gasteiger charge is 2.37. The highest BCUT2D eigenvalue weighted by atomic mass is 19.1. The van der Waals surface area contributed by atoms with E-state index in [0.717, 1.165) is 18.4 Å². The van der Waals surface area contributed by atoms with Gasteiger partial charge in [-0.3, -0.25) is 0 Å². The van der Waals surface area contributed by atoms with Crippen molar-refractivity contribution in [2.24, 2.45) is 5.73 Å². The minimum atomic E-state index is -1.06. The van der Waals surface area contributed by atoms with Crippen LogP contribution in [0.25, 0.3) is 0 Å². The van der Waals surface area contributed by atoms with Gasteiger partial charge in [0.05, 0.1) is 0 Å². The lowest BCUT2D eigenvalue weighted by Gasteiger charge is -2.19. The highest BCUT2D eigenvalue weighted by molar-refractivity contribution is 5.24. The molecule has 1 aromatic carbocycles. The minimum Gasteiger partial charge on any atom is -0.328 e. The summed E-state index contributed by atoms with van der Waals surface area (Å²) in [6.07, 6.45) is 3.51. The molecule has 0 saturated heterocycles. The van der Waals surface area contributed by atoms with E-state index in [1.807, 2.05) is 12.1 Å². The van der Waals surface area contributed by atoms with Crippen LogP contribution in [0.1, 0.15) is 37.3 Å². The van der Waals surface area contributed by atoms with Gasteiger partial charge in [0.1, 0.15) is 5.67 Å². The van der Waals surface area contributed by atoms with Gasteiger partial charge in [-0.15, -0.1) is 0 Å². The third kappa shape index (κ3) is 2.62. The van der Waals surface area contributed by atoms with Gasteiger partial charge < -0.3 is 5.73 Å². The summed E-state index contributed by atoms with van der Waals surface area (Å²) in [4.78, 5) is 0. The van der Waals surface area contributed by atoms with Gasteiger partial charge in [-0.2, -0.15) is 0 Å². The summed E-state index contributed by atoms with van der Waals surface area (Å²) in [5, 5.41) is 0. The molecule has 0 bridgehead atoms. The molecule has 1 aliphatic rings. The van der Waals surface area contributed by atoms with Crippen molar-refractivity contribution in [1.82, 2.24) is 0 Å². The number of nitrogens with two attached hydrogens (primary N) is 1. The van der Waals surface area contributed by atoms with Crippen LogP contribution in [0.5, 0.6) is 0 Å². The standard InChI is InChI=1S/C14H20FN/c1-2-11-3-5-12(6-4-11)9-14(15)8-7-13(16)10-14/h3-6,13H,2,7-10,16H2,1H3. The topological polar surface area (TPSA) is 26.0 Å². The highest BCUT2D eigenvalue weighted by Crippen LogP contribution is 2.35. The van der Waals surface area contributed by atoms with Crippen LogP contribution in [-0.2, 0) is 12.8 Å². The predicted molar refractivity (Wildman–Crippen MR) is 65.2 cm³/mol. The molecule has 1 aromatic rings. The van der Waals surface area contributed by atoms with E-state index in [2.05, 4.69) is 19.1 Å². The zero-order chi connectivity index (χ0) is 11.6. The molecule has 0 aliphatic heterocycles. The van der Waals surface area contributed by atoms with Gasteiger partial charge in [0, 0.05) is 12.5 Å². The average Bonchev–Trinajstić information content (AvgIpc) is 2.59. The molecule has 2 atom stereocenters. The van der Waals surface area contributed by atoms with Crippen LogP contribution < -0.4 is 5.73 Å². The molecule has 0 radical (unpaired) electrons. The van der Waals surface area contributed by atoms with Gasteiger partial charge in [-0.1, -0.05) is 31.2 Å². The monoisotopic (exact) mass is 221 g/mol. The smallest absolute Gasteiger partial charge is 0.116 e. The molecule has 2 heteroatoms. The van der Waals surface area contributed by atoms with E-state index < -0.39 is 5.67 Å². The number of hydrogen-bond acceptors (Lipinski definition) is 1. The summed E-state index contributed by atoms with van der Waals surface area (Å²) in [5.41, 5.74) is 7.10. The van der Waals surface area contributed by atoms with Crippen molar-refractivity contribution in [3.05, 3.63) is 35.4 Å². The van der Waals surface area contributed by atoms with Gasteiger partial charge in [-0.05, 0) is 36.8 Å². The fraction of sp³-hybridized carbons (Fsp3) is 0.571. The first-order chi connectivity index (χ1) is 7.61. The van der Waals surface area contributed by atoms with Crippen molar-refractivity contribution in [2.75, 3.05) is 0 Å². The average molecular weight is 221 g/mol. The molecule has 0 amide bonds. The molecule has 1 aliphatic carbocycles. The molecular weight excluding hydrogens is 201 g/mol. The molecule has 0 spiro atoms. The van der Waals surface area contributed by atoms with Gasteiger partial charge in [-0.25, -0.2) is 4.39 Å². The first-order valence-corrected chi connectivity index (χ1v) is 6.14. The second-order valence-corrected chi connectivity index (χ2v) is 5.00. The van der Waals surface area contributed by atoms with Gasteiger partial charge in [0.2, 0.25) is 0 Å². The summed E-state index contributed by atoms with van der Waals surface area (Å²) in [6.45, 7) is 2.13.